The van der Waals surface area contributed by atoms with Crippen LogP contribution in [0.2, 0.25) is 0 Å². The van der Waals surface area contributed by atoms with Gasteiger partial charge >= 0.3 is 0 Å². The van der Waals surface area contributed by atoms with Crippen molar-refractivity contribution in [3.05, 3.63) is 53.4 Å². The molecule has 1 aliphatic heterocycles. The molecule has 0 aromatic carbocycles. The fourth-order valence-corrected chi connectivity index (χ4v) is 8.29. The molecule has 5 unspecified atom stereocenters. The molecule has 1 N–H and O–H groups in total. The second kappa shape index (κ2) is 5.07. The molecule has 2 aromatic heterocycles. The number of hydrogen-bond donors (Lipinski definition) is 1. The van der Waals surface area contributed by atoms with Crippen LogP contribution in [0.3, 0.4) is 0 Å². The van der Waals surface area contributed by atoms with Gasteiger partial charge in [0.05, 0.1) is 11.1 Å². The van der Waals surface area contributed by atoms with Crippen LogP contribution in [0.25, 0.3) is 0 Å². The van der Waals surface area contributed by atoms with Crippen LogP contribution in [-0.2, 0) is 6.54 Å². The first-order valence-electron chi connectivity index (χ1n) is 10.9. The highest BCUT2D eigenvalue weighted by Gasteiger charge is 2.88. The molecule has 5 atom stereocenters. The molecule has 2 amide bonds. The van der Waals surface area contributed by atoms with E-state index in [2.05, 4.69) is 25.2 Å². The molecule has 5 aliphatic rings. The van der Waals surface area contributed by atoms with Gasteiger partial charge in [-0.3, -0.25) is 14.6 Å². The number of aryl methyl sites for hydroxylation is 1. The molecule has 0 radical (unpaired) electrons. The van der Waals surface area contributed by atoms with Gasteiger partial charge in [-0.1, -0.05) is 0 Å². The molecule has 2 aromatic rings. The average molecular weight is 401 g/mol. The van der Waals surface area contributed by atoms with Gasteiger partial charge < -0.3 is 10.2 Å². The van der Waals surface area contributed by atoms with E-state index in [0.29, 0.717) is 18.4 Å². The molecule has 152 valence electrons. The Morgan fingerprint density at radius 1 is 1.17 bits per heavy atom. The van der Waals surface area contributed by atoms with Crippen molar-refractivity contribution in [3.8, 4) is 0 Å². The molecule has 3 heterocycles. The monoisotopic (exact) mass is 401 g/mol. The van der Waals surface area contributed by atoms with E-state index in [4.69, 9.17) is 0 Å². The lowest BCUT2D eigenvalue weighted by Gasteiger charge is -2.79. The average Bonchev–Trinajstić information content (AvgIpc) is 3.31. The molecule has 4 saturated carbocycles. The maximum absolute atomic E-state index is 13.3. The van der Waals surface area contributed by atoms with Crippen molar-refractivity contribution in [2.75, 3.05) is 0 Å². The number of nitrogens with zero attached hydrogens (tertiary/aromatic N) is 4. The van der Waals surface area contributed by atoms with Gasteiger partial charge in [-0.2, -0.15) is 0 Å². The number of amides is 2. The number of aromatic nitrogens is 3. The minimum Gasteiger partial charge on any atom is -0.343 e. The van der Waals surface area contributed by atoms with E-state index in [0.717, 1.165) is 48.9 Å². The molecule has 1 spiro atoms. The van der Waals surface area contributed by atoms with E-state index in [1.165, 1.54) is 0 Å². The van der Waals surface area contributed by atoms with E-state index in [1.54, 1.807) is 24.7 Å². The zero-order chi connectivity index (χ0) is 20.3. The Kier molecular flexibility index (Phi) is 2.86. The summed E-state index contributed by atoms with van der Waals surface area (Å²) in [5.41, 5.74) is 2.27. The van der Waals surface area contributed by atoms with Crippen molar-refractivity contribution in [1.29, 1.82) is 0 Å². The summed E-state index contributed by atoms with van der Waals surface area (Å²) in [6.07, 6.45) is 10.4. The molecule has 0 saturated heterocycles. The first-order valence-corrected chi connectivity index (χ1v) is 10.9. The highest BCUT2D eigenvalue weighted by atomic mass is 16.2. The minimum atomic E-state index is -0.226. The van der Waals surface area contributed by atoms with Gasteiger partial charge in [0.15, 0.2) is 0 Å². The molecule has 30 heavy (non-hydrogen) atoms. The Balaban J connectivity index is 1.24. The highest BCUT2D eigenvalue weighted by Crippen LogP contribution is 2.85. The van der Waals surface area contributed by atoms with Gasteiger partial charge in [-0.25, -0.2) is 9.97 Å². The molecule has 2 bridgehead atoms. The molecule has 7 rings (SSSR count). The number of carbonyl (C=O) groups excluding carboxylic acids is 2. The SMILES string of the molecule is Cc1ccnc(C(=O)NC23CC4CC5(N6Cc7ccncc7C6=O)CC(C2)C35C4)n1. The Morgan fingerprint density at radius 2 is 2.07 bits per heavy atom. The number of carbonyl (C=O) groups is 2. The van der Waals surface area contributed by atoms with Crippen molar-refractivity contribution in [1.82, 2.24) is 25.2 Å². The molecule has 7 nitrogen and oxygen atoms in total. The van der Waals surface area contributed by atoms with Crippen molar-refractivity contribution < 1.29 is 9.59 Å². The maximum Gasteiger partial charge on any atom is 0.289 e. The summed E-state index contributed by atoms with van der Waals surface area (Å²) in [4.78, 5) is 41.2. The van der Waals surface area contributed by atoms with E-state index < -0.39 is 0 Å². The molecular formula is C23H23N5O2. The van der Waals surface area contributed by atoms with Crippen LogP contribution in [0.15, 0.2) is 30.7 Å². The lowest BCUT2D eigenvalue weighted by Crippen LogP contribution is -2.86. The smallest absolute Gasteiger partial charge is 0.289 e. The predicted octanol–water partition coefficient (Wildman–Crippen LogP) is 2.27. The molecule has 7 heteroatoms. The normalized spacial score (nSPS) is 39.2. The Hall–Kier alpha value is -2.83. The lowest BCUT2D eigenvalue weighted by atomic mass is 9.31. The zero-order valence-corrected chi connectivity index (χ0v) is 16.9. The van der Waals surface area contributed by atoms with Crippen molar-refractivity contribution in [2.45, 2.75) is 56.7 Å². The van der Waals surface area contributed by atoms with Crippen LogP contribution >= 0.6 is 0 Å². The quantitative estimate of drug-likeness (QED) is 0.852. The fraction of sp³-hybridized carbons (Fsp3) is 0.522. The van der Waals surface area contributed by atoms with E-state index in [1.807, 2.05) is 13.0 Å². The molecule has 4 aliphatic carbocycles. The van der Waals surface area contributed by atoms with Crippen LogP contribution in [0.5, 0.6) is 0 Å². The van der Waals surface area contributed by atoms with Gasteiger partial charge in [-0.05, 0) is 68.6 Å². The van der Waals surface area contributed by atoms with Crippen molar-refractivity contribution in [3.63, 3.8) is 0 Å². The van der Waals surface area contributed by atoms with E-state index in [-0.39, 0.29) is 34.1 Å². The summed E-state index contributed by atoms with van der Waals surface area (Å²) in [5, 5.41) is 3.39. The third-order valence-electron chi connectivity index (χ3n) is 9.02. The third-order valence-corrected chi connectivity index (χ3v) is 9.02. The summed E-state index contributed by atoms with van der Waals surface area (Å²) in [6, 6.07) is 3.77. The zero-order valence-electron chi connectivity index (χ0n) is 16.9. The van der Waals surface area contributed by atoms with Gasteiger partial charge in [0.25, 0.3) is 11.8 Å². The van der Waals surface area contributed by atoms with Crippen LogP contribution in [0.1, 0.15) is 64.3 Å². The first-order chi connectivity index (χ1) is 14.5. The van der Waals surface area contributed by atoms with Gasteiger partial charge in [-0.15, -0.1) is 0 Å². The summed E-state index contributed by atoms with van der Waals surface area (Å²) < 4.78 is 0. The Bertz CT molecular complexity index is 1150. The van der Waals surface area contributed by atoms with Gasteiger partial charge in [0.1, 0.15) is 0 Å². The number of hydrogen-bond acceptors (Lipinski definition) is 5. The largest absolute Gasteiger partial charge is 0.343 e. The summed E-state index contributed by atoms with van der Waals surface area (Å²) in [6.45, 7) is 2.54. The predicted molar refractivity (Wildman–Crippen MR) is 106 cm³/mol. The standard InChI is InChI=1S/C23H23N5O2/c1-13-2-5-25-18(26-13)19(29)27-21-6-14-7-22(10-16(9-21)23(21,22)8-14)28-12-15-3-4-24-11-17(15)20(28)30/h2-5,11,14,16H,6-10,12H2,1H3,(H,27,29). The van der Waals surface area contributed by atoms with Crippen LogP contribution in [0, 0.1) is 24.2 Å². The Morgan fingerprint density at radius 3 is 2.87 bits per heavy atom. The minimum absolute atomic E-state index is 0.00921. The lowest BCUT2D eigenvalue weighted by molar-refractivity contribution is -0.260. The number of fused-ring (bicyclic) bond motifs is 2. The van der Waals surface area contributed by atoms with E-state index in [9.17, 15) is 9.59 Å². The van der Waals surface area contributed by atoms with Crippen LogP contribution < -0.4 is 5.32 Å². The maximum atomic E-state index is 13.3. The van der Waals surface area contributed by atoms with Crippen LogP contribution in [-0.4, -0.2) is 42.7 Å². The summed E-state index contributed by atoms with van der Waals surface area (Å²) in [7, 11) is 0. The first kappa shape index (κ1) is 16.9. The summed E-state index contributed by atoms with van der Waals surface area (Å²) in [5.74, 6) is 1.34. The van der Waals surface area contributed by atoms with Gasteiger partial charge in [0, 0.05) is 41.8 Å². The highest BCUT2D eigenvalue weighted by molar-refractivity contribution is 5.99. The molecular weight excluding hydrogens is 378 g/mol. The Labute approximate surface area is 174 Å². The molecule has 4 fully saturated rings. The third kappa shape index (κ3) is 1.66. The number of pyridine rings is 1. The van der Waals surface area contributed by atoms with Crippen LogP contribution in [0.4, 0.5) is 0 Å². The number of rotatable bonds is 3. The second-order valence-electron chi connectivity index (χ2n) is 10.1. The van der Waals surface area contributed by atoms with E-state index >= 15 is 0 Å². The van der Waals surface area contributed by atoms with Crippen molar-refractivity contribution >= 4 is 11.8 Å². The number of nitrogens with one attached hydrogen (secondary N) is 1. The fourth-order valence-electron chi connectivity index (χ4n) is 8.29. The topological polar surface area (TPSA) is 88.1 Å². The van der Waals surface area contributed by atoms with Crippen molar-refractivity contribution in [2.24, 2.45) is 17.3 Å². The van der Waals surface area contributed by atoms with Gasteiger partial charge in [0.2, 0.25) is 5.82 Å². The second-order valence-corrected chi connectivity index (χ2v) is 10.1. The summed E-state index contributed by atoms with van der Waals surface area (Å²) >= 11 is 0.